The van der Waals surface area contributed by atoms with E-state index in [0.717, 1.165) is 5.69 Å². The highest BCUT2D eigenvalue weighted by atomic mass is 16.5. The predicted molar refractivity (Wildman–Crippen MR) is 62.7 cm³/mol. The first-order valence-electron chi connectivity index (χ1n) is 5.05. The molecular weight excluding hydrogens is 200 g/mol. The van der Waals surface area contributed by atoms with Gasteiger partial charge in [-0.25, -0.2) is 0 Å². The van der Waals surface area contributed by atoms with Gasteiger partial charge in [-0.2, -0.15) is 0 Å². The molecule has 2 rings (SSSR count). The second-order valence-corrected chi connectivity index (χ2v) is 3.34. The number of hydrogen-bond donors (Lipinski definition) is 1. The van der Waals surface area contributed by atoms with E-state index in [1.54, 1.807) is 6.20 Å². The smallest absolute Gasteiger partial charge is 0.193 e. The van der Waals surface area contributed by atoms with Crippen LogP contribution in [0.15, 0.2) is 54.7 Å². The molecule has 80 valence electrons. The van der Waals surface area contributed by atoms with Gasteiger partial charge >= 0.3 is 0 Å². The fraction of sp³-hybridized carbons (Fsp3) is 0.0769. The maximum atomic E-state index is 7.70. The summed E-state index contributed by atoms with van der Waals surface area (Å²) in [6.45, 7) is 0. The molecule has 0 amide bonds. The molecule has 0 unspecified atom stereocenters. The lowest BCUT2D eigenvalue weighted by molar-refractivity contribution is 0.532. The molecule has 0 saturated carbocycles. The number of nitrogens with one attached hydrogen (secondary N) is 1. The molecule has 0 saturated heterocycles. The highest BCUT2D eigenvalue weighted by molar-refractivity contribution is 5.77. The standard InChI is InChI=1S/C13H12N2O/c14-13(10-11-6-4-5-9-15-11)16-12-7-2-1-3-8-12/h1-9,14H,10H2. The van der Waals surface area contributed by atoms with Crippen LogP contribution in [0.25, 0.3) is 0 Å². The first-order chi connectivity index (χ1) is 7.84. The van der Waals surface area contributed by atoms with Crippen LogP contribution in [-0.2, 0) is 6.42 Å². The minimum Gasteiger partial charge on any atom is -0.443 e. The zero-order chi connectivity index (χ0) is 11.2. The molecular formula is C13H12N2O. The molecule has 0 atom stereocenters. The van der Waals surface area contributed by atoms with Crippen molar-refractivity contribution in [3.63, 3.8) is 0 Å². The highest BCUT2D eigenvalue weighted by Crippen LogP contribution is 2.09. The van der Waals surface area contributed by atoms with E-state index in [2.05, 4.69) is 4.98 Å². The molecule has 0 aliphatic carbocycles. The number of benzene rings is 1. The fourth-order valence-electron chi connectivity index (χ4n) is 1.33. The maximum Gasteiger partial charge on any atom is 0.193 e. The van der Waals surface area contributed by atoms with Crippen molar-refractivity contribution in [1.29, 1.82) is 5.41 Å². The molecule has 0 aliphatic heterocycles. The Balaban J connectivity index is 1.95. The summed E-state index contributed by atoms with van der Waals surface area (Å²) in [6.07, 6.45) is 2.13. The van der Waals surface area contributed by atoms with E-state index < -0.39 is 0 Å². The van der Waals surface area contributed by atoms with E-state index in [4.69, 9.17) is 10.1 Å². The molecule has 0 radical (unpaired) electrons. The van der Waals surface area contributed by atoms with Crippen molar-refractivity contribution in [2.24, 2.45) is 0 Å². The third kappa shape index (κ3) is 2.92. The van der Waals surface area contributed by atoms with E-state index in [-0.39, 0.29) is 5.90 Å². The van der Waals surface area contributed by atoms with Crippen LogP contribution in [0, 0.1) is 5.41 Å². The third-order valence-corrected chi connectivity index (χ3v) is 2.05. The lowest BCUT2D eigenvalue weighted by Gasteiger charge is -2.05. The number of ether oxygens (including phenoxy) is 1. The predicted octanol–water partition coefficient (Wildman–Crippen LogP) is 2.68. The number of pyridine rings is 1. The van der Waals surface area contributed by atoms with E-state index >= 15 is 0 Å². The Morgan fingerprint density at radius 2 is 1.81 bits per heavy atom. The van der Waals surface area contributed by atoms with Gasteiger partial charge in [0.05, 0.1) is 6.42 Å². The Bertz CT molecular complexity index is 410. The first kappa shape index (κ1) is 10.4. The van der Waals surface area contributed by atoms with Crippen molar-refractivity contribution >= 4 is 5.90 Å². The van der Waals surface area contributed by atoms with E-state index in [9.17, 15) is 0 Å². The highest BCUT2D eigenvalue weighted by Gasteiger charge is 2.02. The molecule has 1 aromatic carbocycles. The van der Waals surface area contributed by atoms with Crippen molar-refractivity contribution in [2.45, 2.75) is 6.42 Å². The van der Waals surface area contributed by atoms with Crippen LogP contribution >= 0.6 is 0 Å². The van der Waals surface area contributed by atoms with Crippen molar-refractivity contribution in [3.8, 4) is 5.75 Å². The van der Waals surface area contributed by atoms with Crippen LogP contribution in [0.3, 0.4) is 0 Å². The molecule has 1 N–H and O–H groups in total. The van der Waals surface area contributed by atoms with Gasteiger partial charge in [-0.15, -0.1) is 0 Å². The zero-order valence-corrected chi connectivity index (χ0v) is 8.76. The van der Waals surface area contributed by atoms with Crippen molar-refractivity contribution in [3.05, 3.63) is 60.4 Å². The zero-order valence-electron chi connectivity index (χ0n) is 8.76. The number of para-hydroxylation sites is 1. The van der Waals surface area contributed by atoms with Gasteiger partial charge in [0.15, 0.2) is 5.90 Å². The van der Waals surface area contributed by atoms with Crippen LogP contribution in [0.2, 0.25) is 0 Å². The van der Waals surface area contributed by atoms with E-state index in [1.807, 2.05) is 48.5 Å². The molecule has 3 nitrogen and oxygen atoms in total. The second kappa shape index (κ2) is 5.07. The average Bonchev–Trinajstić information content (AvgIpc) is 2.31. The number of rotatable bonds is 3. The molecule has 1 heterocycles. The minimum atomic E-state index is 0.199. The molecule has 16 heavy (non-hydrogen) atoms. The number of hydrogen-bond acceptors (Lipinski definition) is 3. The summed E-state index contributed by atoms with van der Waals surface area (Å²) in [5.41, 5.74) is 0.837. The summed E-state index contributed by atoms with van der Waals surface area (Å²) in [5, 5.41) is 7.70. The van der Waals surface area contributed by atoms with Gasteiger partial charge in [-0.3, -0.25) is 10.4 Å². The quantitative estimate of drug-likeness (QED) is 0.628. The van der Waals surface area contributed by atoms with Gasteiger partial charge in [0.1, 0.15) is 5.75 Å². The van der Waals surface area contributed by atoms with Crippen LogP contribution in [0.5, 0.6) is 5.75 Å². The van der Waals surface area contributed by atoms with E-state index in [0.29, 0.717) is 12.2 Å². The maximum absolute atomic E-state index is 7.70. The number of nitrogens with zero attached hydrogens (tertiary/aromatic N) is 1. The summed E-state index contributed by atoms with van der Waals surface area (Å²) in [7, 11) is 0. The van der Waals surface area contributed by atoms with Gasteiger partial charge < -0.3 is 4.74 Å². The summed E-state index contributed by atoms with van der Waals surface area (Å²) >= 11 is 0. The second-order valence-electron chi connectivity index (χ2n) is 3.34. The first-order valence-corrected chi connectivity index (χ1v) is 5.05. The van der Waals surface area contributed by atoms with Crippen LogP contribution < -0.4 is 4.74 Å². The molecule has 0 aliphatic rings. The van der Waals surface area contributed by atoms with Crippen molar-refractivity contribution < 1.29 is 4.74 Å². The van der Waals surface area contributed by atoms with Gasteiger partial charge in [0.2, 0.25) is 0 Å². The van der Waals surface area contributed by atoms with Gasteiger partial charge in [-0.1, -0.05) is 24.3 Å². The fourth-order valence-corrected chi connectivity index (χ4v) is 1.33. The van der Waals surface area contributed by atoms with Crippen LogP contribution in [0.4, 0.5) is 0 Å². The molecule has 2 aromatic rings. The largest absolute Gasteiger partial charge is 0.443 e. The lowest BCUT2D eigenvalue weighted by Crippen LogP contribution is -2.10. The summed E-state index contributed by atoms with van der Waals surface area (Å²) in [4.78, 5) is 4.14. The average molecular weight is 212 g/mol. The topological polar surface area (TPSA) is 46.0 Å². The van der Waals surface area contributed by atoms with Gasteiger partial charge in [0, 0.05) is 11.9 Å². The Morgan fingerprint density at radius 3 is 2.50 bits per heavy atom. The summed E-state index contributed by atoms with van der Waals surface area (Å²) < 4.78 is 5.36. The van der Waals surface area contributed by atoms with Crippen molar-refractivity contribution in [2.75, 3.05) is 0 Å². The SMILES string of the molecule is N=C(Cc1ccccn1)Oc1ccccc1. The lowest BCUT2D eigenvalue weighted by atomic mass is 10.3. The summed E-state index contributed by atoms with van der Waals surface area (Å²) in [6, 6.07) is 15.0. The summed E-state index contributed by atoms with van der Waals surface area (Å²) in [5.74, 6) is 0.883. The van der Waals surface area contributed by atoms with Crippen LogP contribution in [-0.4, -0.2) is 10.9 Å². The number of aromatic nitrogens is 1. The molecule has 0 fully saturated rings. The van der Waals surface area contributed by atoms with E-state index in [1.165, 1.54) is 0 Å². The molecule has 0 spiro atoms. The monoisotopic (exact) mass is 212 g/mol. The van der Waals surface area contributed by atoms with Crippen LogP contribution in [0.1, 0.15) is 5.69 Å². The normalized spacial score (nSPS) is 9.75. The molecule has 3 heteroatoms. The van der Waals surface area contributed by atoms with Gasteiger partial charge in [0.25, 0.3) is 0 Å². The Kier molecular flexibility index (Phi) is 3.28. The Hall–Kier alpha value is -2.16. The molecule has 1 aromatic heterocycles. The minimum absolute atomic E-state index is 0.199. The third-order valence-electron chi connectivity index (χ3n) is 2.05. The Morgan fingerprint density at radius 1 is 1.06 bits per heavy atom. The molecule has 0 bridgehead atoms. The van der Waals surface area contributed by atoms with Gasteiger partial charge in [-0.05, 0) is 24.3 Å². The Labute approximate surface area is 94.2 Å². The van der Waals surface area contributed by atoms with Crippen molar-refractivity contribution in [1.82, 2.24) is 4.98 Å².